The van der Waals surface area contributed by atoms with Crippen LogP contribution in [0.3, 0.4) is 0 Å². The number of hydrogen-bond donors (Lipinski definition) is 2. The first-order valence-electron chi connectivity index (χ1n) is 6.75. The molecule has 0 aliphatic rings. The van der Waals surface area contributed by atoms with Gasteiger partial charge in [-0.3, -0.25) is 4.79 Å². The molecule has 112 valence electrons. The number of hydrogen-bond acceptors (Lipinski definition) is 5. The summed E-state index contributed by atoms with van der Waals surface area (Å²) in [7, 11) is 0. The van der Waals surface area contributed by atoms with Crippen LogP contribution in [0.4, 0.5) is 5.82 Å². The molecular formula is C14H17BrN4O2. The fourth-order valence-electron chi connectivity index (χ4n) is 1.76. The molecule has 0 bridgehead atoms. The second-order valence-corrected chi connectivity index (χ2v) is 5.25. The normalized spacial score (nSPS) is 10.4. The van der Waals surface area contributed by atoms with Crippen molar-refractivity contribution in [1.29, 1.82) is 0 Å². The second-order valence-electron chi connectivity index (χ2n) is 4.34. The van der Waals surface area contributed by atoms with Crippen LogP contribution in [0.25, 0.3) is 0 Å². The Morgan fingerprint density at radius 3 is 2.81 bits per heavy atom. The van der Waals surface area contributed by atoms with Gasteiger partial charge in [-0.15, -0.1) is 0 Å². The van der Waals surface area contributed by atoms with Crippen LogP contribution in [0.2, 0.25) is 0 Å². The molecule has 0 atom stereocenters. The zero-order valence-electron chi connectivity index (χ0n) is 11.9. The number of amides is 1. The molecule has 2 N–H and O–H groups in total. The van der Waals surface area contributed by atoms with Crippen molar-refractivity contribution >= 4 is 27.7 Å². The third-order valence-corrected chi connectivity index (χ3v) is 3.23. The summed E-state index contributed by atoms with van der Waals surface area (Å²) in [5.41, 5.74) is 0.480. The van der Waals surface area contributed by atoms with Gasteiger partial charge in [0, 0.05) is 23.6 Å². The van der Waals surface area contributed by atoms with Crippen molar-refractivity contribution in [3.8, 4) is 0 Å². The van der Waals surface area contributed by atoms with Crippen LogP contribution in [-0.4, -0.2) is 22.4 Å². The van der Waals surface area contributed by atoms with Crippen LogP contribution in [0.15, 0.2) is 27.3 Å². The van der Waals surface area contributed by atoms with E-state index in [9.17, 15) is 4.79 Å². The van der Waals surface area contributed by atoms with E-state index < -0.39 is 0 Å². The first-order valence-corrected chi connectivity index (χ1v) is 7.54. The summed E-state index contributed by atoms with van der Waals surface area (Å²) in [6, 6.07) is 1.73. The molecule has 21 heavy (non-hydrogen) atoms. The van der Waals surface area contributed by atoms with Crippen LogP contribution in [0.1, 0.15) is 35.9 Å². The van der Waals surface area contributed by atoms with E-state index in [2.05, 4.69) is 36.5 Å². The number of oxazole rings is 1. The highest BCUT2D eigenvalue weighted by Crippen LogP contribution is 2.18. The Hall–Kier alpha value is -1.89. The van der Waals surface area contributed by atoms with Crippen molar-refractivity contribution in [3.63, 3.8) is 0 Å². The fourth-order valence-corrected chi connectivity index (χ4v) is 2.10. The molecule has 0 radical (unpaired) electrons. The van der Waals surface area contributed by atoms with Gasteiger partial charge in [0.25, 0.3) is 5.91 Å². The molecule has 1 amide bonds. The third kappa shape index (κ3) is 4.04. The van der Waals surface area contributed by atoms with E-state index in [1.54, 1.807) is 18.5 Å². The topological polar surface area (TPSA) is 80.0 Å². The minimum absolute atomic E-state index is 0.226. The van der Waals surface area contributed by atoms with Gasteiger partial charge in [-0.05, 0) is 28.9 Å². The van der Waals surface area contributed by atoms with Crippen molar-refractivity contribution in [3.05, 3.63) is 40.1 Å². The second kappa shape index (κ2) is 7.21. The van der Waals surface area contributed by atoms with Crippen molar-refractivity contribution in [2.75, 3.05) is 11.9 Å². The lowest BCUT2D eigenvalue weighted by atomic mass is 10.2. The average molecular weight is 353 g/mol. The van der Waals surface area contributed by atoms with E-state index in [1.807, 2.05) is 13.8 Å². The third-order valence-electron chi connectivity index (χ3n) is 2.79. The number of nitrogens with one attached hydrogen (secondary N) is 2. The van der Waals surface area contributed by atoms with Gasteiger partial charge < -0.3 is 15.1 Å². The predicted octanol–water partition coefficient (Wildman–Crippen LogP) is 2.76. The summed E-state index contributed by atoms with van der Waals surface area (Å²) in [6.45, 7) is 4.87. The number of carbonyl (C=O) groups is 1. The van der Waals surface area contributed by atoms with Crippen molar-refractivity contribution < 1.29 is 9.21 Å². The molecule has 0 saturated heterocycles. The molecule has 2 heterocycles. The van der Waals surface area contributed by atoms with Crippen LogP contribution in [-0.2, 0) is 13.0 Å². The molecule has 2 aromatic rings. The van der Waals surface area contributed by atoms with E-state index in [4.69, 9.17) is 4.42 Å². The summed E-state index contributed by atoms with van der Waals surface area (Å²) < 4.78 is 6.20. The molecule has 0 aromatic carbocycles. The monoisotopic (exact) mass is 352 g/mol. The average Bonchev–Trinajstić information content (AvgIpc) is 2.95. The minimum Gasteiger partial charge on any atom is -0.444 e. The highest BCUT2D eigenvalue weighted by atomic mass is 79.9. The van der Waals surface area contributed by atoms with Crippen LogP contribution in [0.5, 0.6) is 0 Å². The zero-order chi connectivity index (χ0) is 15.2. The molecule has 2 aromatic heterocycles. The number of halogens is 1. The van der Waals surface area contributed by atoms with Crippen LogP contribution >= 0.6 is 15.9 Å². The Kier molecular flexibility index (Phi) is 5.32. The number of aromatic nitrogens is 2. The largest absolute Gasteiger partial charge is 0.444 e. The lowest BCUT2D eigenvalue weighted by molar-refractivity contribution is 0.0947. The molecule has 6 nitrogen and oxygen atoms in total. The minimum atomic E-state index is -0.226. The zero-order valence-corrected chi connectivity index (χ0v) is 13.5. The number of rotatable bonds is 6. The Bertz CT molecular complexity index is 627. The summed E-state index contributed by atoms with van der Waals surface area (Å²) in [4.78, 5) is 20.6. The van der Waals surface area contributed by atoms with Crippen LogP contribution in [0, 0.1) is 0 Å². The maximum absolute atomic E-state index is 12.3. The number of nitrogens with zero attached hydrogens (tertiary/aromatic N) is 2. The summed E-state index contributed by atoms with van der Waals surface area (Å²) in [6.07, 6.45) is 4.10. The molecule has 0 fully saturated rings. The molecule has 0 aliphatic carbocycles. The Morgan fingerprint density at radius 2 is 2.14 bits per heavy atom. The highest BCUT2D eigenvalue weighted by Gasteiger charge is 2.14. The maximum Gasteiger partial charge on any atom is 0.255 e. The smallest absolute Gasteiger partial charge is 0.255 e. The Morgan fingerprint density at radius 1 is 1.33 bits per heavy atom. The van der Waals surface area contributed by atoms with Gasteiger partial charge in [-0.2, -0.15) is 0 Å². The van der Waals surface area contributed by atoms with Gasteiger partial charge in [0.2, 0.25) is 5.89 Å². The lowest BCUT2D eigenvalue weighted by Gasteiger charge is -2.09. The Labute approximate surface area is 131 Å². The maximum atomic E-state index is 12.3. The lowest BCUT2D eigenvalue weighted by Crippen LogP contribution is -2.24. The van der Waals surface area contributed by atoms with Gasteiger partial charge in [0.1, 0.15) is 11.6 Å². The quantitative estimate of drug-likeness (QED) is 0.835. The first-order chi connectivity index (χ1) is 10.1. The van der Waals surface area contributed by atoms with Gasteiger partial charge in [0.15, 0.2) is 0 Å². The number of pyridine rings is 1. The first kappa shape index (κ1) is 15.5. The van der Waals surface area contributed by atoms with E-state index in [0.29, 0.717) is 23.8 Å². The molecule has 0 unspecified atom stereocenters. The fraction of sp³-hybridized carbons (Fsp3) is 0.357. The molecule has 0 spiro atoms. The predicted molar refractivity (Wildman–Crippen MR) is 83.2 cm³/mol. The SMILES string of the molecule is CCNc1ncc(Br)cc1C(=O)NCc1ncc(CC)o1. The summed E-state index contributed by atoms with van der Waals surface area (Å²) in [5, 5.41) is 5.85. The van der Waals surface area contributed by atoms with Gasteiger partial charge in [-0.25, -0.2) is 9.97 Å². The number of anilines is 1. The van der Waals surface area contributed by atoms with E-state index in [-0.39, 0.29) is 12.5 Å². The van der Waals surface area contributed by atoms with Crippen LogP contribution < -0.4 is 10.6 Å². The van der Waals surface area contributed by atoms with Gasteiger partial charge >= 0.3 is 0 Å². The summed E-state index contributed by atoms with van der Waals surface area (Å²) >= 11 is 3.32. The van der Waals surface area contributed by atoms with Crippen molar-refractivity contribution in [1.82, 2.24) is 15.3 Å². The Balaban J connectivity index is 2.07. The molecular weight excluding hydrogens is 336 g/mol. The number of aryl methyl sites for hydroxylation is 1. The standard InChI is InChI=1S/C14H17BrN4O2/c1-3-10-7-17-12(21-10)8-19-14(20)11-5-9(15)6-18-13(11)16-4-2/h5-7H,3-4,8H2,1-2H3,(H,16,18)(H,19,20). The van der Waals surface area contributed by atoms with Gasteiger partial charge in [-0.1, -0.05) is 6.92 Å². The van der Waals surface area contributed by atoms with E-state index in [0.717, 1.165) is 16.7 Å². The van der Waals surface area contributed by atoms with Gasteiger partial charge in [0.05, 0.1) is 18.3 Å². The van der Waals surface area contributed by atoms with Crippen molar-refractivity contribution in [2.45, 2.75) is 26.8 Å². The van der Waals surface area contributed by atoms with E-state index >= 15 is 0 Å². The summed E-state index contributed by atoms with van der Waals surface area (Å²) in [5.74, 6) is 1.63. The number of carbonyl (C=O) groups excluding carboxylic acids is 1. The van der Waals surface area contributed by atoms with Crippen molar-refractivity contribution in [2.24, 2.45) is 0 Å². The molecule has 7 heteroatoms. The molecule has 0 aliphatic heterocycles. The van der Waals surface area contributed by atoms with E-state index in [1.165, 1.54) is 0 Å². The molecule has 2 rings (SSSR count). The highest BCUT2D eigenvalue weighted by molar-refractivity contribution is 9.10. The molecule has 0 saturated carbocycles.